The number of esters is 1. The number of quaternary nitrogens is 1. The highest BCUT2D eigenvalue weighted by atomic mass is 31.2. The summed E-state index contributed by atoms with van der Waals surface area (Å²) in [5.41, 5.74) is 0. The standard InChI is InChI=1S/C61H109N2O7P/c1-7-10-13-16-19-22-25-28-30-31-32-33-34-36-39-42-45-48-51-54-61(65)70-59(52-49-46-43-40-37-27-24-21-18-15-12-9-3)58(57-69-71(66,67)68-56-55-63(4,5)6)62-60(64)53-50-47-44-41-38-35-29-26-23-20-17-14-11-8-2/h10,13,19,22,28,30,32-33,36,39,45,48-49,52,58-59H,7-9,11-12,14-18,20-21,23-27,29,31,34-35,37-38,40-44,46-47,50-51,53-57H2,1-6H3,(H-,62,64,66,67)/b13-10-,22-19-,30-28-,33-32-,39-36-,48-45-,52-49+. The number of likely N-dealkylation sites (N-methyl/N-ethyl adjacent to an activating group) is 1. The first-order chi connectivity index (χ1) is 34.4. The molecule has 0 radical (unpaired) electrons. The third-order valence-corrected chi connectivity index (χ3v) is 13.3. The molecule has 1 amide bonds. The van der Waals surface area contributed by atoms with Crippen molar-refractivity contribution in [1.29, 1.82) is 0 Å². The lowest BCUT2D eigenvalue weighted by Gasteiger charge is -2.30. The van der Waals surface area contributed by atoms with Gasteiger partial charge in [0.05, 0.1) is 33.8 Å². The van der Waals surface area contributed by atoms with Gasteiger partial charge in [0.2, 0.25) is 5.91 Å². The third kappa shape index (κ3) is 51.9. The van der Waals surface area contributed by atoms with Crippen molar-refractivity contribution in [3.05, 3.63) is 85.1 Å². The maximum Gasteiger partial charge on any atom is 0.306 e. The topological polar surface area (TPSA) is 114 Å². The van der Waals surface area contributed by atoms with Crippen LogP contribution in [0.25, 0.3) is 0 Å². The number of hydrogen-bond donors (Lipinski definition) is 1. The van der Waals surface area contributed by atoms with E-state index < -0.39 is 32.5 Å². The molecule has 0 fully saturated rings. The fourth-order valence-electron chi connectivity index (χ4n) is 7.90. The predicted octanol–water partition coefficient (Wildman–Crippen LogP) is 16.8. The molecule has 3 unspecified atom stereocenters. The van der Waals surface area contributed by atoms with Gasteiger partial charge in [-0.25, -0.2) is 0 Å². The normalized spacial score (nSPS) is 14.4. The van der Waals surface area contributed by atoms with Gasteiger partial charge in [-0.3, -0.25) is 14.2 Å². The van der Waals surface area contributed by atoms with Crippen molar-refractivity contribution in [1.82, 2.24) is 5.32 Å². The van der Waals surface area contributed by atoms with Gasteiger partial charge in [-0.05, 0) is 70.3 Å². The Kier molecular flexibility index (Phi) is 48.7. The number of unbranched alkanes of at least 4 members (excludes halogenated alkanes) is 23. The molecule has 9 nitrogen and oxygen atoms in total. The molecule has 0 aromatic rings. The number of allylic oxidation sites excluding steroid dienone is 13. The van der Waals surface area contributed by atoms with Crippen molar-refractivity contribution in [3.8, 4) is 0 Å². The molecule has 0 aliphatic rings. The van der Waals surface area contributed by atoms with Gasteiger partial charge in [0.1, 0.15) is 19.3 Å². The molecule has 3 atom stereocenters. The fourth-order valence-corrected chi connectivity index (χ4v) is 8.62. The van der Waals surface area contributed by atoms with E-state index in [9.17, 15) is 19.0 Å². The SMILES string of the molecule is CC/C=C\C/C=C\C/C=C\C/C=C\C/C=C\C/C=C\CCC(=O)OC(/C=C/CCCCCCCCCCCC)C(COP(=O)([O-])OCC[N+](C)(C)C)NC(=O)CCCCCCCCCCCCCCCC. The number of nitrogens with one attached hydrogen (secondary N) is 1. The van der Waals surface area contributed by atoms with Gasteiger partial charge in [-0.15, -0.1) is 0 Å². The molecule has 0 saturated heterocycles. The summed E-state index contributed by atoms with van der Waals surface area (Å²) in [6.45, 7) is 6.67. The zero-order valence-electron chi connectivity index (χ0n) is 46.7. The average Bonchev–Trinajstić information content (AvgIpc) is 3.33. The Morgan fingerprint density at radius 1 is 0.507 bits per heavy atom. The number of carbonyl (C=O) groups is 2. The molecular formula is C61H109N2O7P. The molecule has 1 N–H and O–H groups in total. The van der Waals surface area contributed by atoms with Crippen LogP contribution < -0.4 is 10.2 Å². The van der Waals surface area contributed by atoms with Gasteiger partial charge >= 0.3 is 5.97 Å². The summed E-state index contributed by atoms with van der Waals surface area (Å²) in [5.74, 6) is -0.639. The lowest BCUT2D eigenvalue weighted by Crippen LogP contribution is -2.47. The smallest absolute Gasteiger partial charge is 0.306 e. The quantitative estimate of drug-likeness (QED) is 0.0212. The Morgan fingerprint density at radius 2 is 0.915 bits per heavy atom. The lowest BCUT2D eigenvalue weighted by molar-refractivity contribution is -0.870. The number of amides is 1. The van der Waals surface area contributed by atoms with Gasteiger partial charge in [0, 0.05) is 12.8 Å². The van der Waals surface area contributed by atoms with Crippen molar-refractivity contribution in [2.75, 3.05) is 40.9 Å². The van der Waals surface area contributed by atoms with Crippen LogP contribution in [0.4, 0.5) is 0 Å². The van der Waals surface area contributed by atoms with E-state index in [1.54, 1.807) is 6.08 Å². The average molecular weight is 1010 g/mol. The maximum absolute atomic E-state index is 13.5. The number of phosphoric ester groups is 1. The first kappa shape index (κ1) is 68.2. The summed E-state index contributed by atoms with van der Waals surface area (Å²) >= 11 is 0. The highest BCUT2D eigenvalue weighted by Gasteiger charge is 2.27. The van der Waals surface area contributed by atoms with E-state index in [0.29, 0.717) is 23.9 Å². The molecule has 0 spiro atoms. The monoisotopic (exact) mass is 1010 g/mol. The second-order valence-electron chi connectivity index (χ2n) is 20.4. The zero-order chi connectivity index (χ0) is 52.2. The van der Waals surface area contributed by atoms with Crippen LogP contribution in [-0.4, -0.2) is 69.4 Å². The summed E-state index contributed by atoms with van der Waals surface area (Å²) in [7, 11) is 1.14. The van der Waals surface area contributed by atoms with E-state index in [0.717, 1.165) is 77.0 Å². The van der Waals surface area contributed by atoms with Crippen LogP contribution in [0.5, 0.6) is 0 Å². The minimum atomic E-state index is -4.71. The number of hydrogen-bond acceptors (Lipinski definition) is 7. The van der Waals surface area contributed by atoms with Crippen LogP contribution >= 0.6 is 7.82 Å². The minimum Gasteiger partial charge on any atom is -0.756 e. The molecule has 0 heterocycles. The third-order valence-electron chi connectivity index (χ3n) is 12.4. The molecular weight excluding hydrogens is 904 g/mol. The highest BCUT2D eigenvalue weighted by molar-refractivity contribution is 7.45. The number of phosphoric acid groups is 1. The molecule has 0 aliphatic heterocycles. The Labute approximate surface area is 437 Å². The van der Waals surface area contributed by atoms with Crippen LogP contribution in [0, 0.1) is 0 Å². The first-order valence-electron chi connectivity index (χ1n) is 28.9. The van der Waals surface area contributed by atoms with Crippen LogP contribution in [0.2, 0.25) is 0 Å². The number of rotatable bonds is 51. The van der Waals surface area contributed by atoms with Crippen molar-refractivity contribution < 1.29 is 37.3 Å². The molecule has 0 aromatic heterocycles. The van der Waals surface area contributed by atoms with Gasteiger partial charge in [0.15, 0.2) is 0 Å². The van der Waals surface area contributed by atoms with Gasteiger partial charge < -0.3 is 28.5 Å². The molecule has 10 heteroatoms. The summed E-state index contributed by atoms with van der Waals surface area (Å²) in [6.07, 6.45) is 65.6. The van der Waals surface area contributed by atoms with Crippen molar-refractivity contribution in [2.45, 2.75) is 251 Å². The summed E-state index contributed by atoms with van der Waals surface area (Å²) in [6, 6.07) is -0.919. The minimum absolute atomic E-state index is 0.0355. The Hall–Kier alpha value is -2.81. The molecule has 410 valence electrons. The summed E-state index contributed by atoms with van der Waals surface area (Å²) in [5, 5.41) is 3.00. The molecule has 0 bridgehead atoms. The highest BCUT2D eigenvalue weighted by Crippen LogP contribution is 2.38. The molecule has 0 aromatic carbocycles. The van der Waals surface area contributed by atoms with E-state index in [-0.39, 0.29) is 18.9 Å². The van der Waals surface area contributed by atoms with E-state index in [1.165, 1.54) is 122 Å². The van der Waals surface area contributed by atoms with Crippen LogP contribution in [0.3, 0.4) is 0 Å². The number of nitrogens with zero attached hydrogens (tertiary/aromatic N) is 1. The predicted molar refractivity (Wildman–Crippen MR) is 302 cm³/mol. The van der Waals surface area contributed by atoms with Crippen molar-refractivity contribution in [3.63, 3.8) is 0 Å². The van der Waals surface area contributed by atoms with E-state index in [4.69, 9.17) is 13.8 Å². The van der Waals surface area contributed by atoms with Gasteiger partial charge in [-0.2, -0.15) is 0 Å². The summed E-state index contributed by atoms with van der Waals surface area (Å²) < 4.78 is 30.2. The largest absolute Gasteiger partial charge is 0.756 e. The van der Waals surface area contributed by atoms with E-state index in [2.05, 4.69) is 86.8 Å². The Balaban J connectivity index is 5.46. The Bertz CT molecular complexity index is 1490. The summed E-state index contributed by atoms with van der Waals surface area (Å²) in [4.78, 5) is 39.8. The van der Waals surface area contributed by atoms with Crippen LogP contribution in [0.15, 0.2) is 85.1 Å². The zero-order valence-corrected chi connectivity index (χ0v) is 47.5. The first-order valence-corrected chi connectivity index (χ1v) is 30.4. The molecule has 0 aliphatic carbocycles. The van der Waals surface area contributed by atoms with Crippen LogP contribution in [-0.2, 0) is 27.9 Å². The van der Waals surface area contributed by atoms with E-state index >= 15 is 0 Å². The van der Waals surface area contributed by atoms with E-state index in [1.807, 2.05) is 39.4 Å². The van der Waals surface area contributed by atoms with Crippen LogP contribution in [0.1, 0.15) is 239 Å². The molecule has 71 heavy (non-hydrogen) atoms. The van der Waals surface area contributed by atoms with Crippen molar-refractivity contribution in [2.24, 2.45) is 0 Å². The van der Waals surface area contributed by atoms with Gasteiger partial charge in [-0.1, -0.05) is 241 Å². The number of carbonyl (C=O) groups excluding carboxylic acids is 2. The van der Waals surface area contributed by atoms with Gasteiger partial charge in [0.25, 0.3) is 7.82 Å². The lowest BCUT2D eigenvalue weighted by atomic mass is 10.0. The van der Waals surface area contributed by atoms with Crippen molar-refractivity contribution >= 4 is 19.7 Å². The fraction of sp³-hybridized carbons (Fsp3) is 0.738. The Morgan fingerprint density at radius 3 is 1.35 bits per heavy atom. The molecule has 0 rings (SSSR count). The maximum atomic E-state index is 13.5. The second-order valence-corrected chi connectivity index (χ2v) is 21.8. The number of ether oxygens (including phenoxy) is 1. The second kappa shape index (κ2) is 50.7. The molecule has 0 saturated carbocycles.